The molecule has 1 aromatic carbocycles. The van der Waals surface area contributed by atoms with Gasteiger partial charge in [0.15, 0.2) is 6.61 Å². The monoisotopic (exact) mass is 249 g/mol. The quantitative estimate of drug-likeness (QED) is 0.807. The first kappa shape index (κ1) is 12.9. The fourth-order valence-electron chi connectivity index (χ4n) is 2.28. The van der Waals surface area contributed by atoms with Crippen molar-refractivity contribution in [3.05, 3.63) is 29.8 Å². The minimum atomic E-state index is -0.949. The Labute approximate surface area is 107 Å². The van der Waals surface area contributed by atoms with Gasteiger partial charge < -0.3 is 15.2 Å². The second-order valence-electron chi connectivity index (χ2n) is 4.66. The van der Waals surface area contributed by atoms with E-state index in [1.165, 1.54) is 18.4 Å². The Balaban J connectivity index is 1.84. The van der Waals surface area contributed by atoms with E-state index in [-0.39, 0.29) is 6.61 Å². The summed E-state index contributed by atoms with van der Waals surface area (Å²) in [7, 11) is 0. The highest BCUT2D eigenvalue weighted by atomic mass is 16.5. The zero-order valence-electron chi connectivity index (χ0n) is 10.4. The van der Waals surface area contributed by atoms with Crippen molar-refractivity contribution < 1.29 is 14.6 Å². The van der Waals surface area contributed by atoms with Crippen LogP contribution in [0.2, 0.25) is 0 Å². The summed E-state index contributed by atoms with van der Waals surface area (Å²) in [4.78, 5) is 10.4. The average molecular weight is 249 g/mol. The van der Waals surface area contributed by atoms with Crippen LogP contribution < -0.4 is 10.1 Å². The number of benzene rings is 1. The number of hydrogen-bond donors (Lipinski definition) is 2. The lowest BCUT2D eigenvalue weighted by molar-refractivity contribution is -0.139. The summed E-state index contributed by atoms with van der Waals surface area (Å²) in [5.41, 5.74) is 1.20. The largest absolute Gasteiger partial charge is 0.482 e. The van der Waals surface area contributed by atoms with Gasteiger partial charge in [0.25, 0.3) is 0 Å². The standard InChI is InChI=1S/C14H19NO3/c16-14(17)10-18-13-5-1-3-11(9-13)6-7-12-4-2-8-15-12/h1,3,5,9,12,15H,2,4,6-8,10H2,(H,16,17). The summed E-state index contributed by atoms with van der Waals surface area (Å²) in [6.07, 6.45) is 4.66. The molecule has 18 heavy (non-hydrogen) atoms. The fraction of sp³-hybridized carbons (Fsp3) is 0.500. The Kier molecular flexibility index (Phi) is 4.59. The number of carboxylic acid groups (broad SMARTS) is 1. The van der Waals surface area contributed by atoms with Crippen LogP contribution in [0.1, 0.15) is 24.8 Å². The van der Waals surface area contributed by atoms with Crippen molar-refractivity contribution in [3.63, 3.8) is 0 Å². The van der Waals surface area contributed by atoms with Crippen molar-refractivity contribution in [2.75, 3.05) is 13.2 Å². The van der Waals surface area contributed by atoms with Crippen molar-refractivity contribution in [3.8, 4) is 5.75 Å². The zero-order chi connectivity index (χ0) is 12.8. The molecule has 0 aromatic heterocycles. The normalized spacial score (nSPS) is 18.8. The van der Waals surface area contributed by atoms with Gasteiger partial charge in [0, 0.05) is 6.04 Å². The molecule has 0 amide bonds. The van der Waals surface area contributed by atoms with Gasteiger partial charge in [-0.05, 0) is 49.9 Å². The molecule has 4 nitrogen and oxygen atoms in total. The fourth-order valence-corrected chi connectivity index (χ4v) is 2.28. The number of aryl methyl sites for hydroxylation is 1. The first-order valence-electron chi connectivity index (χ1n) is 6.41. The van der Waals surface area contributed by atoms with Crippen molar-refractivity contribution in [2.24, 2.45) is 0 Å². The first-order chi connectivity index (χ1) is 8.74. The molecule has 0 radical (unpaired) electrons. The number of hydrogen-bond acceptors (Lipinski definition) is 3. The van der Waals surface area contributed by atoms with Gasteiger partial charge in [0.05, 0.1) is 0 Å². The van der Waals surface area contributed by atoms with E-state index in [1.54, 1.807) is 6.07 Å². The Morgan fingerprint density at radius 1 is 1.50 bits per heavy atom. The molecule has 0 bridgehead atoms. The predicted octanol–water partition coefficient (Wildman–Crippen LogP) is 1.83. The number of rotatable bonds is 6. The number of carbonyl (C=O) groups is 1. The molecule has 1 saturated heterocycles. The summed E-state index contributed by atoms with van der Waals surface area (Å²) in [6, 6.07) is 8.32. The Hall–Kier alpha value is -1.55. The van der Waals surface area contributed by atoms with Crippen molar-refractivity contribution in [1.29, 1.82) is 0 Å². The van der Waals surface area contributed by atoms with Gasteiger partial charge in [-0.25, -0.2) is 4.79 Å². The highest BCUT2D eigenvalue weighted by Gasteiger charge is 2.13. The van der Waals surface area contributed by atoms with Crippen molar-refractivity contribution >= 4 is 5.97 Å². The van der Waals surface area contributed by atoms with Crippen LogP contribution in [0.3, 0.4) is 0 Å². The molecule has 4 heteroatoms. The summed E-state index contributed by atoms with van der Waals surface area (Å²) in [5.74, 6) is -0.315. The smallest absolute Gasteiger partial charge is 0.341 e. The minimum absolute atomic E-state index is 0.284. The maximum Gasteiger partial charge on any atom is 0.341 e. The minimum Gasteiger partial charge on any atom is -0.482 e. The predicted molar refractivity (Wildman–Crippen MR) is 68.9 cm³/mol. The third-order valence-corrected chi connectivity index (χ3v) is 3.20. The maximum absolute atomic E-state index is 10.4. The van der Waals surface area contributed by atoms with E-state index in [1.807, 2.05) is 12.1 Å². The zero-order valence-corrected chi connectivity index (χ0v) is 10.4. The molecule has 1 aromatic rings. The number of nitrogens with one attached hydrogen (secondary N) is 1. The second kappa shape index (κ2) is 6.40. The average Bonchev–Trinajstić information content (AvgIpc) is 2.87. The van der Waals surface area contributed by atoms with Crippen LogP contribution in [-0.2, 0) is 11.2 Å². The lowest BCUT2D eigenvalue weighted by Gasteiger charge is -2.10. The van der Waals surface area contributed by atoms with E-state index < -0.39 is 5.97 Å². The summed E-state index contributed by atoms with van der Waals surface area (Å²) in [5, 5.41) is 12.0. The maximum atomic E-state index is 10.4. The summed E-state index contributed by atoms with van der Waals surface area (Å²) >= 11 is 0. The van der Waals surface area contributed by atoms with E-state index in [0.717, 1.165) is 19.4 Å². The van der Waals surface area contributed by atoms with E-state index in [0.29, 0.717) is 11.8 Å². The van der Waals surface area contributed by atoms with E-state index >= 15 is 0 Å². The molecule has 0 aliphatic carbocycles. The van der Waals surface area contributed by atoms with Crippen molar-refractivity contribution in [1.82, 2.24) is 5.32 Å². The third kappa shape index (κ3) is 4.04. The van der Waals surface area contributed by atoms with Gasteiger partial charge >= 0.3 is 5.97 Å². The van der Waals surface area contributed by atoms with Crippen LogP contribution in [0.5, 0.6) is 5.75 Å². The number of carboxylic acids is 1. The Bertz CT molecular complexity index is 400. The SMILES string of the molecule is O=C(O)COc1cccc(CCC2CCCN2)c1. The van der Waals surface area contributed by atoms with E-state index in [9.17, 15) is 4.79 Å². The van der Waals surface area contributed by atoms with Gasteiger partial charge in [-0.3, -0.25) is 0 Å². The molecule has 1 unspecified atom stereocenters. The molecule has 1 aliphatic heterocycles. The lowest BCUT2D eigenvalue weighted by atomic mass is 10.0. The van der Waals surface area contributed by atoms with Gasteiger partial charge in [-0.15, -0.1) is 0 Å². The lowest BCUT2D eigenvalue weighted by Crippen LogP contribution is -2.21. The van der Waals surface area contributed by atoms with Crippen LogP contribution in [0, 0.1) is 0 Å². The van der Waals surface area contributed by atoms with Gasteiger partial charge in [-0.1, -0.05) is 12.1 Å². The van der Waals surface area contributed by atoms with Crippen LogP contribution in [0.25, 0.3) is 0 Å². The molecule has 2 N–H and O–H groups in total. The molecule has 1 atom stereocenters. The number of aliphatic carboxylic acids is 1. The molecule has 1 heterocycles. The van der Waals surface area contributed by atoms with Crippen LogP contribution in [-0.4, -0.2) is 30.3 Å². The molecule has 0 spiro atoms. The Morgan fingerprint density at radius 3 is 3.11 bits per heavy atom. The molecule has 98 valence electrons. The van der Waals surface area contributed by atoms with Crippen LogP contribution in [0.15, 0.2) is 24.3 Å². The highest BCUT2D eigenvalue weighted by molar-refractivity contribution is 5.68. The molecule has 2 rings (SSSR count). The molecule has 1 aliphatic rings. The Morgan fingerprint density at radius 2 is 2.39 bits per heavy atom. The number of ether oxygens (including phenoxy) is 1. The molecule has 1 fully saturated rings. The van der Waals surface area contributed by atoms with Crippen LogP contribution >= 0.6 is 0 Å². The highest BCUT2D eigenvalue weighted by Crippen LogP contribution is 2.17. The van der Waals surface area contributed by atoms with Gasteiger partial charge in [0.2, 0.25) is 0 Å². The molecule has 0 saturated carbocycles. The van der Waals surface area contributed by atoms with Crippen molar-refractivity contribution in [2.45, 2.75) is 31.7 Å². The first-order valence-corrected chi connectivity index (χ1v) is 6.41. The van der Waals surface area contributed by atoms with Crippen LogP contribution in [0.4, 0.5) is 0 Å². The van der Waals surface area contributed by atoms with Gasteiger partial charge in [0.1, 0.15) is 5.75 Å². The third-order valence-electron chi connectivity index (χ3n) is 3.20. The second-order valence-corrected chi connectivity index (χ2v) is 4.66. The molecular formula is C14H19NO3. The summed E-state index contributed by atoms with van der Waals surface area (Å²) in [6.45, 7) is 0.847. The molecular weight excluding hydrogens is 230 g/mol. The summed E-state index contributed by atoms with van der Waals surface area (Å²) < 4.78 is 5.16. The van der Waals surface area contributed by atoms with E-state index in [2.05, 4.69) is 11.4 Å². The van der Waals surface area contributed by atoms with Gasteiger partial charge in [-0.2, -0.15) is 0 Å². The van der Waals surface area contributed by atoms with E-state index in [4.69, 9.17) is 9.84 Å². The topological polar surface area (TPSA) is 58.6 Å².